The number of anilines is 1. The van der Waals surface area contributed by atoms with Crippen LogP contribution in [0.2, 0.25) is 0 Å². The highest BCUT2D eigenvalue weighted by Gasteiger charge is 2.33. The highest BCUT2D eigenvalue weighted by Crippen LogP contribution is 2.32. The fraction of sp³-hybridized carbons (Fsp3) is 0.579. The second kappa shape index (κ2) is 8.34. The average Bonchev–Trinajstić information content (AvgIpc) is 3.13. The van der Waals surface area contributed by atoms with Crippen LogP contribution < -0.4 is 10.1 Å². The van der Waals surface area contributed by atoms with Gasteiger partial charge in [-0.2, -0.15) is 0 Å². The van der Waals surface area contributed by atoms with Crippen molar-refractivity contribution in [3.63, 3.8) is 0 Å². The van der Waals surface area contributed by atoms with Crippen LogP contribution in [0, 0.1) is 17.8 Å². The maximum absolute atomic E-state index is 12.3. The van der Waals surface area contributed by atoms with Gasteiger partial charge in [0.15, 0.2) is 0 Å². The number of carboxylic acids is 1. The van der Waals surface area contributed by atoms with E-state index in [2.05, 4.69) is 5.32 Å². The summed E-state index contributed by atoms with van der Waals surface area (Å²) in [7, 11) is 0. The first-order valence-corrected chi connectivity index (χ1v) is 8.96. The van der Waals surface area contributed by atoms with Gasteiger partial charge in [0, 0.05) is 24.8 Å². The Hall–Kier alpha value is -2.08. The Kier molecular flexibility index (Phi) is 5.91. The molecule has 1 heterocycles. The number of nitrogens with one attached hydrogen (secondary N) is 1. The van der Waals surface area contributed by atoms with Crippen LogP contribution >= 0.6 is 0 Å². The standard InChI is InChI=1S/C19H25NO5/c21-18(14-1-2-15(11-14)19(22)23)20-16-3-5-17(6-4-16)25-12-13-7-9-24-10-8-13/h3-6,13-15H,1-2,7-12H2,(H,20,21)(H,22,23)/t14-,15+/m0/s1. The molecule has 1 aromatic carbocycles. The maximum Gasteiger partial charge on any atom is 0.306 e. The molecule has 1 aliphatic heterocycles. The van der Waals surface area contributed by atoms with Crippen molar-refractivity contribution in [2.75, 3.05) is 25.1 Å². The number of carboxylic acid groups (broad SMARTS) is 1. The average molecular weight is 347 g/mol. The Bertz CT molecular complexity index is 594. The number of amides is 1. The fourth-order valence-electron chi connectivity index (χ4n) is 3.45. The van der Waals surface area contributed by atoms with Crippen molar-refractivity contribution in [2.45, 2.75) is 32.1 Å². The lowest BCUT2D eigenvalue weighted by Gasteiger charge is -2.22. The summed E-state index contributed by atoms with van der Waals surface area (Å²) in [6, 6.07) is 7.34. The van der Waals surface area contributed by atoms with Gasteiger partial charge in [-0.05, 0) is 62.3 Å². The van der Waals surface area contributed by atoms with Crippen LogP contribution in [0.5, 0.6) is 5.75 Å². The minimum atomic E-state index is -0.804. The van der Waals surface area contributed by atoms with Crippen molar-refractivity contribution in [1.82, 2.24) is 0 Å². The zero-order chi connectivity index (χ0) is 17.6. The largest absolute Gasteiger partial charge is 0.493 e. The van der Waals surface area contributed by atoms with Crippen molar-refractivity contribution in [3.05, 3.63) is 24.3 Å². The summed E-state index contributed by atoms with van der Waals surface area (Å²) in [4.78, 5) is 23.2. The number of aliphatic carboxylic acids is 1. The van der Waals surface area contributed by atoms with Crippen molar-refractivity contribution in [3.8, 4) is 5.75 Å². The molecule has 0 radical (unpaired) electrons. The van der Waals surface area contributed by atoms with Gasteiger partial charge < -0.3 is 19.9 Å². The first-order valence-electron chi connectivity index (χ1n) is 8.96. The van der Waals surface area contributed by atoms with Gasteiger partial charge in [0.2, 0.25) is 5.91 Å². The van der Waals surface area contributed by atoms with Gasteiger partial charge in [0.25, 0.3) is 0 Å². The molecule has 0 spiro atoms. The van der Waals surface area contributed by atoms with Crippen molar-refractivity contribution >= 4 is 17.6 Å². The number of rotatable bonds is 6. The highest BCUT2D eigenvalue weighted by atomic mass is 16.5. The zero-order valence-electron chi connectivity index (χ0n) is 14.3. The van der Waals surface area contributed by atoms with Gasteiger partial charge in [-0.3, -0.25) is 9.59 Å². The van der Waals surface area contributed by atoms with E-state index in [-0.39, 0.29) is 11.8 Å². The van der Waals surface area contributed by atoms with Crippen LogP contribution in [0.25, 0.3) is 0 Å². The van der Waals surface area contributed by atoms with Gasteiger partial charge >= 0.3 is 5.97 Å². The van der Waals surface area contributed by atoms with E-state index >= 15 is 0 Å². The predicted molar refractivity (Wildman–Crippen MR) is 92.6 cm³/mol. The van der Waals surface area contributed by atoms with E-state index in [1.54, 1.807) is 0 Å². The van der Waals surface area contributed by atoms with E-state index in [0.717, 1.165) is 31.8 Å². The van der Waals surface area contributed by atoms with Crippen LogP contribution in [-0.2, 0) is 14.3 Å². The number of carbonyl (C=O) groups is 2. The Morgan fingerprint density at radius 3 is 2.40 bits per heavy atom. The minimum absolute atomic E-state index is 0.0976. The van der Waals surface area contributed by atoms with Gasteiger partial charge in [-0.25, -0.2) is 0 Å². The molecule has 1 aromatic rings. The summed E-state index contributed by atoms with van der Waals surface area (Å²) in [5.41, 5.74) is 0.710. The molecule has 6 nitrogen and oxygen atoms in total. The van der Waals surface area contributed by atoms with Gasteiger partial charge in [-0.1, -0.05) is 0 Å². The second-order valence-corrected chi connectivity index (χ2v) is 6.93. The molecule has 2 N–H and O–H groups in total. The zero-order valence-corrected chi connectivity index (χ0v) is 14.3. The smallest absolute Gasteiger partial charge is 0.306 e. The van der Waals surface area contributed by atoms with E-state index in [4.69, 9.17) is 14.6 Å². The third kappa shape index (κ3) is 4.95. The minimum Gasteiger partial charge on any atom is -0.493 e. The SMILES string of the molecule is O=C(O)[C@@H]1CC[C@H](C(=O)Nc2ccc(OCC3CCOCC3)cc2)C1. The molecule has 2 atom stereocenters. The molecule has 1 amide bonds. The van der Waals surface area contributed by atoms with Crippen LogP contribution in [0.4, 0.5) is 5.69 Å². The van der Waals surface area contributed by atoms with Crippen molar-refractivity contribution in [1.29, 1.82) is 0 Å². The van der Waals surface area contributed by atoms with E-state index < -0.39 is 11.9 Å². The number of benzene rings is 1. The molecule has 3 rings (SSSR count). The third-order valence-corrected chi connectivity index (χ3v) is 5.10. The summed E-state index contributed by atoms with van der Waals surface area (Å²) in [5, 5.41) is 11.9. The summed E-state index contributed by atoms with van der Waals surface area (Å²) in [6.07, 6.45) is 3.70. The quantitative estimate of drug-likeness (QED) is 0.826. The van der Waals surface area contributed by atoms with E-state index in [1.165, 1.54) is 0 Å². The summed E-state index contributed by atoms with van der Waals surface area (Å²) in [6.45, 7) is 2.31. The van der Waals surface area contributed by atoms with E-state index in [9.17, 15) is 9.59 Å². The third-order valence-electron chi connectivity index (χ3n) is 5.10. The normalized spacial score (nSPS) is 24.0. The molecule has 1 aliphatic carbocycles. The Balaban J connectivity index is 1.45. The molecule has 136 valence electrons. The van der Waals surface area contributed by atoms with E-state index in [0.29, 0.717) is 37.5 Å². The molecule has 1 saturated carbocycles. The Labute approximate surface area is 147 Å². The fourth-order valence-corrected chi connectivity index (χ4v) is 3.45. The molecule has 0 bridgehead atoms. The first-order chi connectivity index (χ1) is 12.1. The monoisotopic (exact) mass is 347 g/mol. The lowest BCUT2D eigenvalue weighted by atomic mass is 10.0. The van der Waals surface area contributed by atoms with Gasteiger partial charge in [0.05, 0.1) is 12.5 Å². The molecule has 0 unspecified atom stereocenters. The highest BCUT2D eigenvalue weighted by molar-refractivity contribution is 5.93. The number of carbonyl (C=O) groups excluding carboxylic acids is 1. The van der Waals surface area contributed by atoms with Crippen LogP contribution in [0.3, 0.4) is 0 Å². The number of hydrogen-bond donors (Lipinski definition) is 2. The summed E-state index contributed by atoms with van der Waals surface area (Å²) >= 11 is 0. The maximum atomic E-state index is 12.3. The van der Waals surface area contributed by atoms with Crippen LogP contribution in [0.1, 0.15) is 32.1 Å². The lowest BCUT2D eigenvalue weighted by molar-refractivity contribution is -0.141. The van der Waals surface area contributed by atoms with Crippen molar-refractivity contribution in [2.24, 2.45) is 17.8 Å². The molecule has 25 heavy (non-hydrogen) atoms. The molecular weight excluding hydrogens is 322 g/mol. The van der Waals surface area contributed by atoms with Gasteiger partial charge in [-0.15, -0.1) is 0 Å². The van der Waals surface area contributed by atoms with Crippen LogP contribution in [0.15, 0.2) is 24.3 Å². The number of ether oxygens (including phenoxy) is 2. The molecule has 6 heteroatoms. The molecule has 2 aliphatic rings. The van der Waals surface area contributed by atoms with Crippen LogP contribution in [-0.4, -0.2) is 36.8 Å². The van der Waals surface area contributed by atoms with E-state index in [1.807, 2.05) is 24.3 Å². The Morgan fingerprint density at radius 1 is 1.08 bits per heavy atom. The topological polar surface area (TPSA) is 84.9 Å². The molecular formula is C19H25NO5. The number of hydrogen-bond acceptors (Lipinski definition) is 4. The second-order valence-electron chi connectivity index (χ2n) is 6.93. The van der Waals surface area contributed by atoms with Gasteiger partial charge in [0.1, 0.15) is 5.75 Å². The van der Waals surface area contributed by atoms with Crippen molar-refractivity contribution < 1.29 is 24.2 Å². The first kappa shape index (κ1) is 17.7. The molecule has 1 saturated heterocycles. The molecule has 0 aromatic heterocycles. The lowest BCUT2D eigenvalue weighted by Crippen LogP contribution is -2.22. The summed E-state index contributed by atoms with van der Waals surface area (Å²) < 4.78 is 11.2. The summed E-state index contributed by atoms with van der Waals surface area (Å²) in [5.74, 6) is -0.183. The predicted octanol–water partition coefficient (Wildman–Crippen LogP) is 2.93. The Morgan fingerprint density at radius 2 is 1.76 bits per heavy atom. The molecule has 2 fully saturated rings.